The van der Waals surface area contributed by atoms with Crippen molar-refractivity contribution in [3.63, 3.8) is 0 Å². The second kappa shape index (κ2) is 6.62. The average molecular weight is 244 g/mol. The molecule has 3 heteroatoms. The van der Waals surface area contributed by atoms with Crippen LogP contribution in [-0.2, 0) is 0 Å². The molecule has 0 saturated carbocycles. The minimum absolute atomic E-state index is 0.0480. The fourth-order valence-electron chi connectivity index (χ4n) is 0.665. The van der Waals surface area contributed by atoms with Crippen molar-refractivity contribution in [3.05, 3.63) is 34.1 Å². The van der Waals surface area contributed by atoms with Crippen molar-refractivity contribution in [1.29, 1.82) is 5.26 Å². The van der Waals surface area contributed by atoms with E-state index in [-0.39, 0.29) is 5.57 Å². The molecule has 0 aromatic carbocycles. The fraction of sp³-hybridized carbons (Fsp3) is 0.300. The number of nitrogens with zero attached hydrogens (tertiary/aromatic N) is 1. The van der Waals surface area contributed by atoms with E-state index >= 15 is 0 Å². The Morgan fingerprint density at radius 3 is 2.62 bits per heavy atom. The van der Waals surface area contributed by atoms with E-state index in [1.807, 2.05) is 6.92 Å². The molecule has 70 valence electrons. The third kappa shape index (κ3) is 4.64. The molecule has 0 heterocycles. The molecule has 0 saturated heterocycles. The second-order valence-electron chi connectivity index (χ2n) is 2.30. The molecule has 0 atom stereocenters. The van der Waals surface area contributed by atoms with Crippen LogP contribution in [-0.4, -0.2) is 0 Å². The van der Waals surface area contributed by atoms with Gasteiger partial charge in [-0.05, 0) is 25.5 Å². The monoisotopic (exact) mass is 243 g/mol. The van der Waals surface area contributed by atoms with Crippen molar-refractivity contribution in [2.75, 3.05) is 0 Å². The van der Waals surface area contributed by atoms with Crippen LogP contribution in [0.1, 0.15) is 20.3 Å². The lowest BCUT2D eigenvalue weighted by atomic mass is 10.2. The maximum Gasteiger partial charge on any atom is 0.137 e. The van der Waals surface area contributed by atoms with E-state index in [1.54, 1.807) is 19.1 Å². The van der Waals surface area contributed by atoms with Crippen molar-refractivity contribution in [1.82, 2.24) is 0 Å². The molecule has 1 nitrogen and oxygen atoms in total. The summed E-state index contributed by atoms with van der Waals surface area (Å²) in [5, 5.41) is 8.62. The Morgan fingerprint density at radius 1 is 1.62 bits per heavy atom. The van der Waals surface area contributed by atoms with E-state index in [1.165, 1.54) is 12.2 Å². The number of allylic oxidation sites excluding steroid dienone is 6. The van der Waals surface area contributed by atoms with E-state index < -0.39 is 5.83 Å². The maximum atomic E-state index is 13.1. The first-order chi connectivity index (χ1) is 6.15. The van der Waals surface area contributed by atoms with Gasteiger partial charge in [-0.25, -0.2) is 4.39 Å². The molecule has 0 aliphatic rings. The van der Waals surface area contributed by atoms with Crippen LogP contribution >= 0.6 is 15.9 Å². The topological polar surface area (TPSA) is 23.8 Å². The van der Waals surface area contributed by atoms with Crippen molar-refractivity contribution >= 4 is 15.9 Å². The predicted molar refractivity (Wildman–Crippen MR) is 55.9 cm³/mol. The molecule has 0 spiro atoms. The standard InChI is InChI=1S/C10H11BrFN/c1-3-5-10(12)8(7-13)6-9(11)4-2/h4-6H,3H2,1-2H3/b8-6-,9-4+,10-5-. The third-order valence-electron chi connectivity index (χ3n) is 1.32. The molecule has 0 unspecified atom stereocenters. The predicted octanol–water partition coefficient (Wildman–Crippen LogP) is 4.00. The minimum Gasteiger partial charge on any atom is -0.206 e. The van der Waals surface area contributed by atoms with Gasteiger partial charge < -0.3 is 0 Å². The highest BCUT2D eigenvalue weighted by molar-refractivity contribution is 9.11. The first-order valence-corrected chi connectivity index (χ1v) is 4.74. The van der Waals surface area contributed by atoms with Gasteiger partial charge >= 0.3 is 0 Å². The van der Waals surface area contributed by atoms with E-state index in [0.29, 0.717) is 10.9 Å². The molecule has 0 aliphatic heterocycles. The van der Waals surface area contributed by atoms with Gasteiger partial charge in [0.1, 0.15) is 11.9 Å². The second-order valence-corrected chi connectivity index (χ2v) is 3.22. The Kier molecular flexibility index (Phi) is 6.17. The quantitative estimate of drug-likeness (QED) is 0.543. The van der Waals surface area contributed by atoms with Crippen LogP contribution in [0.15, 0.2) is 34.1 Å². The maximum absolute atomic E-state index is 13.1. The molecular formula is C10H11BrFN. The SMILES string of the molecule is C\C=C(Br)/C=C(C#N)\C(F)=C\CC. The van der Waals surface area contributed by atoms with E-state index in [2.05, 4.69) is 15.9 Å². The molecular weight excluding hydrogens is 233 g/mol. The van der Waals surface area contributed by atoms with Gasteiger partial charge in [-0.3, -0.25) is 0 Å². The number of hydrogen-bond acceptors (Lipinski definition) is 1. The van der Waals surface area contributed by atoms with Crippen LogP contribution in [0.5, 0.6) is 0 Å². The zero-order chi connectivity index (χ0) is 10.3. The number of nitriles is 1. The van der Waals surface area contributed by atoms with Crippen LogP contribution in [0.25, 0.3) is 0 Å². The highest BCUT2D eigenvalue weighted by atomic mass is 79.9. The summed E-state index contributed by atoms with van der Waals surface area (Å²) in [6.45, 7) is 3.62. The molecule has 0 bridgehead atoms. The van der Waals surface area contributed by atoms with Gasteiger partial charge in [-0.1, -0.05) is 28.9 Å². The van der Waals surface area contributed by atoms with Crippen molar-refractivity contribution in [2.45, 2.75) is 20.3 Å². The molecule has 0 fully saturated rings. The highest BCUT2D eigenvalue weighted by Gasteiger charge is 2.02. The largest absolute Gasteiger partial charge is 0.206 e. The Hall–Kier alpha value is -0.880. The summed E-state index contributed by atoms with van der Waals surface area (Å²) in [7, 11) is 0. The van der Waals surface area contributed by atoms with Gasteiger partial charge in [0.05, 0.1) is 5.57 Å². The molecule has 0 N–H and O–H groups in total. The summed E-state index contributed by atoms with van der Waals surface area (Å²) >= 11 is 3.18. The van der Waals surface area contributed by atoms with Gasteiger partial charge in [-0.2, -0.15) is 5.26 Å². The summed E-state index contributed by atoms with van der Waals surface area (Å²) in [4.78, 5) is 0. The van der Waals surface area contributed by atoms with Gasteiger partial charge in [0.15, 0.2) is 0 Å². The highest BCUT2D eigenvalue weighted by Crippen LogP contribution is 2.16. The molecule has 13 heavy (non-hydrogen) atoms. The first kappa shape index (κ1) is 12.1. The third-order valence-corrected chi connectivity index (χ3v) is 2.01. The lowest BCUT2D eigenvalue weighted by Gasteiger charge is -1.93. The Bertz CT molecular complexity index is 295. The lowest BCUT2D eigenvalue weighted by Crippen LogP contribution is -1.80. The van der Waals surface area contributed by atoms with Crippen molar-refractivity contribution in [3.8, 4) is 6.07 Å². The smallest absolute Gasteiger partial charge is 0.137 e. The van der Waals surface area contributed by atoms with Crippen LogP contribution in [0.3, 0.4) is 0 Å². The van der Waals surface area contributed by atoms with Crippen LogP contribution in [0, 0.1) is 11.3 Å². The lowest BCUT2D eigenvalue weighted by molar-refractivity contribution is 0.652. The van der Waals surface area contributed by atoms with E-state index in [0.717, 1.165) is 0 Å². The summed E-state index contributed by atoms with van der Waals surface area (Å²) in [5.74, 6) is -0.469. The molecule has 0 rings (SSSR count). The fourth-order valence-corrected chi connectivity index (χ4v) is 0.894. The Labute approximate surface area is 86.4 Å². The Balaban J connectivity index is 4.83. The molecule has 0 aliphatic carbocycles. The van der Waals surface area contributed by atoms with Gasteiger partial charge in [0.2, 0.25) is 0 Å². The zero-order valence-electron chi connectivity index (χ0n) is 7.64. The van der Waals surface area contributed by atoms with Gasteiger partial charge in [0.25, 0.3) is 0 Å². The normalized spacial score (nSPS) is 14.2. The number of halogens is 2. The molecule has 0 radical (unpaired) electrons. The zero-order valence-corrected chi connectivity index (χ0v) is 9.23. The van der Waals surface area contributed by atoms with E-state index in [4.69, 9.17) is 5.26 Å². The number of hydrogen-bond donors (Lipinski definition) is 0. The summed E-state index contributed by atoms with van der Waals surface area (Å²) in [6, 6.07) is 1.80. The van der Waals surface area contributed by atoms with Crippen molar-refractivity contribution < 1.29 is 4.39 Å². The van der Waals surface area contributed by atoms with E-state index in [9.17, 15) is 4.39 Å². The van der Waals surface area contributed by atoms with Crippen LogP contribution in [0.4, 0.5) is 4.39 Å². The summed E-state index contributed by atoms with van der Waals surface area (Å²) in [6.07, 6.45) is 5.17. The summed E-state index contributed by atoms with van der Waals surface area (Å²) < 4.78 is 13.8. The van der Waals surface area contributed by atoms with Crippen LogP contribution in [0.2, 0.25) is 0 Å². The molecule has 0 aromatic rings. The molecule has 0 amide bonds. The van der Waals surface area contributed by atoms with Gasteiger partial charge in [0, 0.05) is 4.48 Å². The average Bonchev–Trinajstić information content (AvgIpc) is 2.14. The van der Waals surface area contributed by atoms with Gasteiger partial charge in [-0.15, -0.1) is 0 Å². The van der Waals surface area contributed by atoms with Crippen molar-refractivity contribution in [2.24, 2.45) is 0 Å². The first-order valence-electron chi connectivity index (χ1n) is 3.95. The molecule has 0 aromatic heterocycles. The van der Waals surface area contributed by atoms with Crippen LogP contribution < -0.4 is 0 Å². The minimum atomic E-state index is -0.469. The summed E-state index contributed by atoms with van der Waals surface area (Å²) in [5.41, 5.74) is 0.0480. The Morgan fingerprint density at radius 2 is 2.23 bits per heavy atom. The number of rotatable bonds is 3.